The molecule has 4 heteroatoms. The van der Waals surface area contributed by atoms with E-state index >= 15 is 0 Å². The van der Waals surface area contributed by atoms with E-state index in [-0.39, 0.29) is 30.1 Å². The van der Waals surface area contributed by atoms with E-state index in [0.717, 1.165) is 0 Å². The molecule has 1 aliphatic rings. The normalized spacial score (nSPS) is 12.8. The first-order chi connectivity index (χ1) is 11.0. The number of rotatable bonds is 3. The van der Waals surface area contributed by atoms with E-state index < -0.39 is 0 Å². The van der Waals surface area contributed by atoms with Crippen LogP contribution in [0.4, 0.5) is 0 Å². The highest BCUT2D eigenvalue weighted by molar-refractivity contribution is 6.28. The number of hydrogen-bond acceptors (Lipinski definition) is 4. The molecular weight excluding hydrogens is 292 g/mol. The van der Waals surface area contributed by atoms with Gasteiger partial charge in [-0.05, 0) is 17.7 Å². The number of carbonyl (C=O) groups excluding carboxylic acids is 3. The van der Waals surface area contributed by atoms with Gasteiger partial charge in [0, 0.05) is 22.3 Å². The molecule has 4 nitrogen and oxygen atoms in total. The molecule has 0 saturated carbocycles. The largest absolute Gasteiger partial charge is 0.461 e. The third kappa shape index (κ3) is 2.68. The Morgan fingerprint density at radius 2 is 1.48 bits per heavy atom. The van der Waals surface area contributed by atoms with Gasteiger partial charge in [-0.2, -0.15) is 0 Å². The highest BCUT2D eigenvalue weighted by atomic mass is 16.5. The molecule has 1 aliphatic carbocycles. The van der Waals surface area contributed by atoms with Gasteiger partial charge in [0.05, 0.1) is 5.92 Å². The second-order valence-corrected chi connectivity index (χ2v) is 5.85. The molecule has 0 heterocycles. The van der Waals surface area contributed by atoms with Crippen molar-refractivity contribution in [3.63, 3.8) is 0 Å². The Balaban J connectivity index is 1.93. The first kappa shape index (κ1) is 15.2. The molecule has 116 valence electrons. The summed E-state index contributed by atoms with van der Waals surface area (Å²) in [6.45, 7) is 3.61. The van der Waals surface area contributed by atoms with E-state index in [0.29, 0.717) is 27.8 Å². The van der Waals surface area contributed by atoms with Crippen molar-refractivity contribution in [1.29, 1.82) is 0 Å². The number of ketones is 2. The molecule has 0 aliphatic heterocycles. The third-order valence-corrected chi connectivity index (χ3v) is 3.84. The van der Waals surface area contributed by atoms with Crippen molar-refractivity contribution in [3.8, 4) is 0 Å². The molecule has 0 aromatic heterocycles. The second-order valence-electron chi connectivity index (χ2n) is 5.85. The Labute approximate surface area is 134 Å². The van der Waals surface area contributed by atoms with Crippen LogP contribution in [0.1, 0.15) is 51.3 Å². The van der Waals surface area contributed by atoms with Gasteiger partial charge in [0.15, 0.2) is 11.6 Å². The van der Waals surface area contributed by atoms with Crippen LogP contribution in [-0.2, 0) is 16.1 Å². The van der Waals surface area contributed by atoms with Crippen LogP contribution in [0.5, 0.6) is 0 Å². The zero-order valence-electron chi connectivity index (χ0n) is 13.0. The highest BCUT2D eigenvalue weighted by Gasteiger charge is 2.29. The monoisotopic (exact) mass is 308 g/mol. The van der Waals surface area contributed by atoms with Gasteiger partial charge in [-0.1, -0.05) is 44.2 Å². The second kappa shape index (κ2) is 5.80. The summed E-state index contributed by atoms with van der Waals surface area (Å²) in [5, 5.41) is 0. The predicted octanol–water partition coefficient (Wildman–Crippen LogP) is 3.16. The molecular formula is C19H16O4. The zero-order chi connectivity index (χ0) is 16.6. The van der Waals surface area contributed by atoms with Gasteiger partial charge >= 0.3 is 5.97 Å². The Morgan fingerprint density at radius 3 is 2.09 bits per heavy atom. The summed E-state index contributed by atoms with van der Waals surface area (Å²) in [6.07, 6.45) is 0. The fraction of sp³-hybridized carbons (Fsp3) is 0.211. The van der Waals surface area contributed by atoms with Crippen LogP contribution in [0.15, 0.2) is 42.5 Å². The summed E-state index contributed by atoms with van der Waals surface area (Å²) in [5.41, 5.74) is 2.31. The fourth-order valence-electron chi connectivity index (χ4n) is 2.56. The number of benzene rings is 2. The summed E-state index contributed by atoms with van der Waals surface area (Å²) in [7, 11) is 0. The first-order valence-electron chi connectivity index (χ1n) is 7.47. The SMILES string of the molecule is CC(C)C(=O)OCc1ccc2c(c1)C(=O)c1ccccc1C2=O. The van der Waals surface area contributed by atoms with Crippen molar-refractivity contribution in [1.82, 2.24) is 0 Å². The molecule has 0 N–H and O–H groups in total. The molecule has 0 atom stereocenters. The third-order valence-electron chi connectivity index (χ3n) is 3.84. The lowest BCUT2D eigenvalue weighted by atomic mass is 9.83. The standard InChI is InChI=1S/C19H16O4/c1-11(2)19(22)23-10-12-7-8-15-16(9-12)18(21)14-6-4-3-5-13(14)17(15)20/h3-9,11H,10H2,1-2H3. The number of carbonyl (C=O) groups is 3. The Bertz CT molecular complexity index is 818. The number of hydrogen-bond donors (Lipinski definition) is 0. The molecule has 0 spiro atoms. The van der Waals surface area contributed by atoms with Gasteiger partial charge in [0.25, 0.3) is 0 Å². The van der Waals surface area contributed by atoms with Crippen LogP contribution < -0.4 is 0 Å². The molecule has 2 aromatic rings. The molecule has 0 fully saturated rings. The minimum absolute atomic E-state index is 0.0907. The van der Waals surface area contributed by atoms with Crippen molar-refractivity contribution < 1.29 is 19.1 Å². The average molecular weight is 308 g/mol. The van der Waals surface area contributed by atoms with Crippen LogP contribution in [0.25, 0.3) is 0 Å². The molecule has 0 radical (unpaired) electrons. The van der Waals surface area contributed by atoms with Crippen molar-refractivity contribution in [2.45, 2.75) is 20.5 Å². The Morgan fingerprint density at radius 1 is 0.913 bits per heavy atom. The van der Waals surface area contributed by atoms with Crippen LogP contribution in [0.3, 0.4) is 0 Å². The number of ether oxygens (including phenoxy) is 1. The predicted molar refractivity (Wildman–Crippen MR) is 84.4 cm³/mol. The smallest absolute Gasteiger partial charge is 0.308 e. The van der Waals surface area contributed by atoms with E-state index in [9.17, 15) is 14.4 Å². The summed E-state index contributed by atoms with van der Waals surface area (Å²) >= 11 is 0. The molecule has 0 amide bonds. The summed E-state index contributed by atoms with van der Waals surface area (Å²) in [6, 6.07) is 11.8. The molecule has 0 unspecified atom stereocenters. The van der Waals surface area contributed by atoms with Crippen molar-refractivity contribution in [3.05, 3.63) is 70.3 Å². The lowest BCUT2D eigenvalue weighted by molar-refractivity contribution is -0.148. The van der Waals surface area contributed by atoms with Gasteiger partial charge in [-0.25, -0.2) is 0 Å². The van der Waals surface area contributed by atoms with Gasteiger partial charge < -0.3 is 4.74 Å². The maximum Gasteiger partial charge on any atom is 0.308 e. The lowest BCUT2D eigenvalue weighted by Crippen LogP contribution is -2.21. The minimum atomic E-state index is -0.296. The quantitative estimate of drug-likeness (QED) is 0.697. The highest BCUT2D eigenvalue weighted by Crippen LogP contribution is 2.28. The maximum atomic E-state index is 12.6. The summed E-state index contributed by atoms with van der Waals surface area (Å²) in [4.78, 5) is 36.6. The van der Waals surface area contributed by atoms with Gasteiger partial charge in [-0.15, -0.1) is 0 Å². The molecule has 0 bridgehead atoms. The summed E-state index contributed by atoms with van der Waals surface area (Å²) in [5.74, 6) is -0.827. The van der Waals surface area contributed by atoms with Crippen molar-refractivity contribution in [2.24, 2.45) is 5.92 Å². The minimum Gasteiger partial charge on any atom is -0.461 e. The first-order valence-corrected chi connectivity index (χ1v) is 7.47. The van der Waals surface area contributed by atoms with E-state index in [2.05, 4.69) is 0 Å². The molecule has 23 heavy (non-hydrogen) atoms. The number of esters is 1. The molecule has 3 rings (SSSR count). The van der Waals surface area contributed by atoms with E-state index in [1.54, 1.807) is 56.3 Å². The van der Waals surface area contributed by atoms with E-state index in [1.165, 1.54) is 0 Å². The van der Waals surface area contributed by atoms with Gasteiger partial charge in [-0.3, -0.25) is 14.4 Å². The number of fused-ring (bicyclic) bond motifs is 2. The lowest BCUT2D eigenvalue weighted by Gasteiger charge is -2.18. The molecule has 0 saturated heterocycles. The molecule has 2 aromatic carbocycles. The van der Waals surface area contributed by atoms with Crippen LogP contribution >= 0.6 is 0 Å². The van der Waals surface area contributed by atoms with Crippen molar-refractivity contribution in [2.75, 3.05) is 0 Å². The topological polar surface area (TPSA) is 60.4 Å². The fourth-order valence-corrected chi connectivity index (χ4v) is 2.56. The zero-order valence-corrected chi connectivity index (χ0v) is 13.0. The van der Waals surface area contributed by atoms with Crippen molar-refractivity contribution >= 4 is 17.5 Å². The van der Waals surface area contributed by atoms with Crippen LogP contribution in [-0.4, -0.2) is 17.5 Å². The Hall–Kier alpha value is -2.75. The average Bonchev–Trinajstić information content (AvgIpc) is 2.57. The Kier molecular flexibility index (Phi) is 3.82. The van der Waals surface area contributed by atoms with Crippen LogP contribution in [0.2, 0.25) is 0 Å². The maximum absolute atomic E-state index is 12.6. The van der Waals surface area contributed by atoms with Crippen LogP contribution in [0, 0.1) is 5.92 Å². The van der Waals surface area contributed by atoms with E-state index in [1.807, 2.05) is 0 Å². The van der Waals surface area contributed by atoms with Gasteiger partial charge in [0.1, 0.15) is 6.61 Å². The summed E-state index contributed by atoms with van der Waals surface area (Å²) < 4.78 is 5.18. The van der Waals surface area contributed by atoms with E-state index in [4.69, 9.17) is 4.74 Å². The van der Waals surface area contributed by atoms with Gasteiger partial charge in [0.2, 0.25) is 0 Å².